The predicted octanol–water partition coefficient (Wildman–Crippen LogP) is 3.46. The van der Waals surface area contributed by atoms with Crippen molar-refractivity contribution < 1.29 is 14.3 Å². The van der Waals surface area contributed by atoms with E-state index in [1.807, 2.05) is 42.5 Å². The second-order valence-corrected chi connectivity index (χ2v) is 6.95. The van der Waals surface area contributed by atoms with E-state index in [9.17, 15) is 9.90 Å². The Morgan fingerprint density at radius 3 is 2.69 bits per heavy atom. The van der Waals surface area contributed by atoms with Crippen molar-refractivity contribution in [3.05, 3.63) is 89.7 Å². The van der Waals surface area contributed by atoms with Crippen molar-refractivity contribution in [3.8, 4) is 11.1 Å². The molecular weight excluding hydrogens is 364 g/mol. The third kappa shape index (κ3) is 4.15. The van der Waals surface area contributed by atoms with Gasteiger partial charge in [0, 0.05) is 42.1 Å². The second kappa shape index (κ2) is 8.20. The largest absolute Gasteiger partial charge is 0.550 e. The lowest BCUT2D eigenvalue weighted by Gasteiger charge is -2.14. The molecule has 3 aromatic carbocycles. The Morgan fingerprint density at radius 1 is 1.00 bits per heavy atom. The summed E-state index contributed by atoms with van der Waals surface area (Å²) in [5.74, 6) is -1.10. The molecular formula is C24H21N2O3-. The molecule has 0 aliphatic heterocycles. The van der Waals surface area contributed by atoms with E-state index < -0.39 is 5.97 Å². The fraction of sp³-hybridized carbons (Fsp3) is 0.125. The van der Waals surface area contributed by atoms with Gasteiger partial charge in [0.1, 0.15) is 5.58 Å². The Labute approximate surface area is 168 Å². The highest BCUT2D eigenvalue weighted by atomic mass is 16.4. The number of hydrogen-bond donors (Lipinski definition) is 2. The van der Waals surface area contributed by atoms with Crippen molar-refractivity contribution in [1.82, 2.24) is 0 Å². The normalized spacial score (nSPS) is 10.9. The molecule has 0 fully saturated rings. The van der Waals surface area contributed by atoms with Gasteiger partial charge in [-0.15, -0.1) is 0 Å². The zero-order valence-electron chi connectivity index (χ0n) is 15.9. The number of anilines is 1. The van der Waals surface area contributed by atoms with E-state index in [1.165, 1.54) is 0 Å². The van der Waals surface area contributed by atoms with E-state index in [1.54, 1.807) is 12.3 Å². The van der Waals surface area contributed by atoms with Crippen LogP contribution >= 0.6 is 0 Å². The predicted molar refractivity (Wildman–Crippen MR) is 112 cm³/mol. The van der Waals surface area contributed by atoms with Crippen LogP contribution in [0.25, 0.3) is 22.1 Å². The number of carboxylic acids is 1. The van der Waals surface area contributed by atoms with Gasteiger partial charge in [0.15, 0.2) is 0 Å². The summed E-state index contributed by atoms with van der Waals surface area (Å²) in [6, 6.07) is 21.6. The first-order chi connectivity index (χ1) is 14.1. The van der Waals surface area contributed by atoms with Gasteiger partial charge in [0.05, 0.1) is 6.26 Å². The molecule has 0 saturated heterocycles. The number of carbonyl (C=O) groups is 1. The average Bonchev–Trinajstić information content (AvgIpc) is 3.21. The number of hydrogen-bond acceptors (Lipinski definition) is 5. The summed E-state index contributed by atoms with van der Waals surface area (Å²) in [4.78, 5) is 11.0. The summed E-state index contributed by atoms with van der Waals surface area (Å²) in [6.07, 6.45) is 1.56. The molecule has 4 rings (SSSR count). The molecule has 29 heavy (non-hydrogen) atoms. The van der Waals surface area contributed by atoms with Crippen molar-refractivity contribution in [1.29, 1.82) is 0 Å². The molecule has 0 spiro atoms. The van der Waals surface area contributed by atoms with E-state index in [0.717, 1.165) is 38.9 Å². The zero-order valence-corrected chi connectivity index (χ0v) is 15.9. The molecule has 0 unspecified atom stereocenters. The quantitative estimate of drug-likeness (QED) is 0.508. The number of fused-ring (bicyclic) bond motifs is 1. The van der Waals surface area contributed by atoms with Crippen LogP contribution < -0.4 is 16.2 Å². The van der Waals surface area contributed by atoms with Crippen molar-refractivity contribution in [2.24, 2.45) is 5.73 Å². The lowest BCUT2D eigenvalue weighted by Crippen LogP contribution is -2.24. The third-order valence-corrected chi connectivity index (χ3v) is 4.92. The molecule has 0 bridgehead atoms. The number of carbonyl (C=O) groups excluding carboxylic acids is 1. The zero-order chi connectivity index (χ0) is 20.2. The summed E-state index contributed by atoms with van der Waals surface area (Å²) in [5, 5.41) is 15.4. The average molecular weight is 385 g/mol. The van der Waals surface area contributed by atoms with Gasteiger partial charge in [-0.1, -0.05) is 36.4 Å². The van der Waals surface area contributed by atoms with Crippen LogP contribution in [0.4, 0.5) is 5.69 Å². The van der Waals surface area contributed by atoms with Gasteiger partial charge in [-0.3, -0.25) is 0 Å². The molecule has 4 aromatic rings. The molecule has 1 heterocycles. The third-order valence-electron chi connectivity index (χ3n) is 4.92. The van der Waals surface area contributed by atoms with Gasteiger partial charge in [-0.05, 0) is 52.6 Å². The summed E-state index contributed by atoms with van der Waals surface area (Å²) < 4.78 is 5.73. The molecule has 0 aliphatic carbocycles. The minimum absolute atomic E-state index is 0.124. The summed E-state index contributed by atoms with van der Waals surface area (Å²) in [6.45, 7) is 1.03. The van der Waals surface area contributed by atoms with Crippen molar-refractivity contribution in [2.45, 2.75) is 19.5 Å². The Bertz CT molecular complexity index is 1160. The van der Waals surface area contributed by atoms with E-state index in [0.29, 0.717) is 18.7 Å². The number of benzene rings is 3. The first-order valence-corrected chi connectivity index (χ1v) is 9.45. The maximum absolute atomic E-state index is 11.0. The maximum atomic E-state index is 11.0. The number of aliphatic carboxylic acids is 1. The van der Waals surface area contributed by atoms with Gasteiger partial charge in [-0.25, -0.2) is 0 Å². The lowest BCUT2D eigenvalue weighted by molar-refractivity contribution is -0.304. The Balaban J connectivity index is 1.67. The molecule has 0 aliphatic rings. The topological polar surface area (TPSA) is 91.3 Å². The molecule has 0 amide bonds. The van der Waals surface area contributed by atoms with Crippen LogP contribution in [0, 0.1) is 0 Å². The molecule has 3 N–H and O–H groups in total. The Kier molecular flexibility index (Phi) is 5.31. The maximum Gasteiger partial charge on any atom is 0.141 e. The van der Waals surface area contributed by atoms with E-state index in [4.69, 9.17) is 10.2 Å². The SMILES string of the molecule is NCc1cccc(-c2cc(CNc3ccccc3CC(=O)[O-])cc3ccoc23)c1. The number of nitrogens with one attached hydrogen (secondary N) is 1. The first kappa shape index (κ1) is 18.8. The van der Waals surface area contributed by atoms with Gasteiger partial charge < -0.3 is 25.4 Å². The van der Waals surface area contributed by atoms with Gasteiger partial charge in [-0.2, -0.15) is 0 Å². The number of carboxylic acid groups (broad SMARTS) is 1. The second-order valence-electron chi connectivity index (χ2n) is 6.95. The first-order valence-electron chi connectivity index (χ1n) is 9.45. The van der Waals surface area contributed by atoms with Crippen molar-refractivity contribution in [2.75, 3.05) is 5.32 Å². The highest BCUT2D eigenvalue weighted by Crippen LogP contribution is 2.32. The number of para-hydroxylation sites is 1. The lowest BCUT2D eigenvalue weighted by atomic mass is 9.98. The van der Waals surface area contributed by atoms with Crippen LogP contribution in [-0.4, -0.2) is 5.97 Å². The van der Waals surface area contributed by atoms with Crippen LogP contribution in [0.3, 0.4) is 0 Å². The highest BCUT2D eigenvalue weighted by Gasteiger charge is 2.11. The van der Waals surface area contributed by atoms with Crippen LogP contribution in [0.2, 0.25) is 0 Å². The number of nitrogens with two attached hydrogens (primary N) is 1. The summed E-state index contributed by atoms with van der Waals surface area (Å²) in [5.41, 5.74) is 12.3. The smallest absolute Gasteiger partial charge is 0.141 e. The summed E-state index contributed by atoms with van der Waals surface area (Å²) >= 11 is 0. The molecule has 146 valence electrons. The minimum atomic E-state index is -1.10. The molecule has 5 nitrogen and oxygen atoms in total. The summed E-state index contributed by atoms with van der Waals surface area (Å²) in [7, 11) is 0. The van der Waals surface area contributed by atoms with Gasteiger partial charge in [0.2, 0.25) is 0 Å². The minimum Gasteiger partial charge on any atom is -0.550 e. The van der Waals surface area contributed by atoms with Crippen LogP contribution in [0.5, 0.6) is 0 Å². The monoisotopic (exact) mass is 385 g/mol. The van der Waals surface area contributed by atoms with Gasteiger partial charge >= 0.3 is 0 Å². The van der Waals surface area contributed by atoms with Crippen molar-refractivity contribution in [3.63, 3.8) is 0 Å². The van der Waals surface area contributed by atoms with E-state index >= 15 is 0 Å². The molecule has 0 atom stereocenters. The standard InChI is InChI=1S/C24H22N2O3/c25-14-16-4-3-6-18(10-16)21-12-17(11-20-8-9-29-24(20)21)15-26-22-7-2-1-5-19(22)13-23(27)28/h1-12,26H,13-15,25H2,(H,27,28)/p-1. The van der Waals surface area contributed by atoms with E-state index in [2.05, 4.69) is 23.5 Å². The molecule has 1 aromatic heterocycles. The van der Waals surface area contributed by atoms with Crippen LogP contribution in [0.15, 0.2) is 77.4 Å². The molecule has 5 heteroatoms. The van der Waals surface area contributed by atoms with Crippen LogP contribution in [0.1, 0.15) is 16.7 Å². The van der Waals surface area contributed by atoms with Gasteiger partial charge in [0.25, 0.3) is 0 Å². The van der Waals surface area contributed by atoms with Crippen LogP contribution in [-0.2, 0) is 24.3 Å². The number of rotatable bonds is 7. The molecule has 0 radical (unpaired) electrons. The Morgan fingerprint density at radius 2 is 1.86 bits per heavy atom. The van der Waals surface area contributed by atoms with Crippen molar-refractivity contribution >= 4 is 22.6 Å². The highest BCUT2D eigenvalue weighted by molar-refractivity contribution is 5.93. The fourth-order valence-corrected chi connectivity index (χ4v) is 3.53. The van der Waals surface area contributed by atoms with E-state index in [-0.39, 0.29) is 6.42 Å². The Hall–Kier alpha value is -3.57. The molecule has 0 saturated carbocycles. The number of furan rings is 1. The fourth-order valence-electron chi connectivity index (χ4n) is 3.53.